The summed E-state index contributed by atoms with van der Waals surface area (Å²) in [6.07, 6.45) is 0. The molecular formula is C16H29IN4O2. The Morgan fingerprint density at radius 2 is 2.00 bits per heavy atom. The van der Waals surface area contributed by atoms with Crippen LogP contribution in [0, 0.1) is 6.92 Å². The van der Waals surface area contributed by atoms with E-state index < -0.39 is 0 Å². The van der Waals surface area contributed by atoms with E-state index in [4.69, 9.17) is 9.15 Å². The molecule has 7 heteroatoms. The van der Waals surface area contributed by atoms with E-state index in [0.717, 1.165) is 50.3 Å². The summed E-state index contributed by atoms with van der Waals surface area (Å²) in [4.78, 5) is 6.72. The molecule has 0 saturated carbocycles. The zero-order valence-electron chi connectivity index (χ0n) is 14.5. The maximum Gasteiger partial charge on any atom is 0.191 e. The summed E-state index contributed by atoms with van der Waals surface area (Å²) < 4.78 is 11.0. The van der Waals surface area contributed by atoms with Crippen LogP contribution in [0.3, 0.4) is 0 Å². The van der Waals surface area contributed by atoms with Crippen molar-refractivity contribution in [3.63, 3.8) is 0 Å². The van der Waals surface area contributed by atoms with Gasteiger partial charge in [-0.2, -0.15) is 0 Å². The van der Waals surface area contributed by atoms with E-state index in [9.17, 15) is 0 Å². The van der Waals surface area contributed by atoms with Crippen LogP contribution in [0.15, 0.2) is 21.5 Å². The molecule has 2 heterocycles. The maximum atomic E-state index is 5.64. The summed E-state index contributed by atoms with van der Waals surface area (Å²) >= 11 is 0. The monoisotopic (exact) mass is 436 g/mol. The lowest BCUT2D eigenvalue weighted by molar-refractivity contribution is 0.0211. The Kier molecular flexibility index (Phi) is 8.93. The molecule has 2 atom stereocenters. The Bertz CT molecular complexity index is 486. The summed E-state index contributed by atoms with van der Waals surface area (Å²) in [6, 6.07) is 4.50. The minimum atomic E-state index is 0. The molecular weight excluding hydrogens is 407 g/mol. The van der Waals surface area contributed by atoms with Gasteiger partial charge >= 0.3 is 0 Å². The first-order chi connectivity index (χ1) is 10.6. The molecule has 2 unspecified atom stereocenters. The van der Waals surface area contributed by atoms with Crippen LogP contribution in [-0.4, -0.2) is 56.8 Å². The molecule has 2 rings (SSSR count). The quantitative estimate of drug-likeness (QED) is 0.421. The molecule has 0 amide bonds. The zero-order valence-corrected chi connectivity index (χ0v) is 16.8. The number of rotatable bonds is 5. The second kappa shape index (κ2) is 10.1. The normalized spacial score (nSPS) is 18.9. The van der Waals surface area contributed by atoms with Gasteiger partial charge in [0.15, 0.2) is 5.96 Å². The molecule has 2 N–H and O–H groups in total. The first kappa shape index (κ1) is 20.2. The summed E-state index contributed by atoms with van der Waals surface area (Å²) in [7, 11) is 1.79. The number of ether oxygens (including phenoxy) is 1. The number of aryl methyl sites for hydroxylation is 1. The van der Waals surface area contributed by atoms with Crippen LogP contribution in [0.5, 0.6) is 0 Å². The van der Waals surface area contributed by atoms with Crippen molar-refractivity contribution in [2.24, 2.45) is 4.99 Å². The number of morpholine rings is 1. The van der Waals surface area contributed by atoms with Crippen LogP contribution in [0.25, 0.3) is 0 Å². The van der Waals surface area contributed by atoms with Gasteiger partial charge < -0.3 is 19.8 Å². The highest BCUT2D eigenvalue weighted by Gasteiger charge is 2.17. The molecule has 1 aromatic rings. The third-order valence-electron chi connectivity index (χ3n) is 4.00. The Balaban J connectivity index is 0.00000264. The Morgan fingerprint density at radius 3 is 2.57 bits per heavy atom. The number of nitrogens with zero attached hydrogens (tertiary/aromatic N) is 2. The number of halogens is 1. The fraction of sp³-hybridized carbons (Fsp3) is 0.688. The molecule has 0 bridgehead atoms. The van der Waals surface area contributed by atoms with Gasteiger partial charge in [-0.25, -0.2) is 0 Å². The average Bonchev–Trinajstić information content (AvgIpc) is 2.98. The van der Waals surface area contributed by atoms with E-state index in [0.29, 0.717) is 6.04 Å². The third kappa shape index (κ3) is 6.31. The SMILES string of the molecule is CN=C(NCC(C)N1CCOCC1)NC(C)c1ccc(C)o1.I. The van der Waals surface area contributed by atoms with Crippen LogP contribution in [0.4, 0.5) is 0 Å². The summed E-state index contributed by atoms with van der Waals surface area (Å²) in [5.41, 5.74) is 0. The van der Waals surface area contributed by atoms with E-state index >= 15 is 0 Å². The van der Waals surface area contributed by atoms with Gasteiger partial charge in [0, 0.05) is 32.7 Å². The highest BCUT2D eigenvalue weighted by atomic mass is 127. The molecule has 0 spiro atoms. The molecule has 132 valence electrons. The second-order valence-corrected chi connectivity index (χ2v) is 5.76. The van der Waals surface area contributed by atoms with Crippen molar-refractivity contribution >= 4 is 29.9 Å². The van der Waals surface area contributed by atoms with E-state index in [2.05, 4.69) is 34.4 Å². The van der Waals surface area contributed by atoms with Crippen LogP contribution < -0.4 is 10.6 Å². The molecule has 1 aliphatic heterocycles. The topological polar surface area (TPSA) is 62.0 Å². The predicted molar refractivity (Wildman–Crippen MR) is 104 cm³/mol. The van der Waals surface area contributed by atoms with Gasteiger partial charge in [0.05, 0.1) is 19.3 Å². The van der Waals surface area contributed by atoms with Gasteiger partial charge in [0.1, 0.15) is 11.5 Å². The zero-order chi connectivity index (χ0) is 15.9. The molecule has 6 nitrogen and oxygen atoms in total. The van der Waals surface area contributed by atoms with Gasteiger partial charge in [-0.05, 0) is 32.9 Å². The Morgan fingerprint density at radius 1 is 1.30 bits per heavy atom. The lowest BCUT2D eigenvalue weighted by Crippen LogP contribution is -2.49. The molecule has 1 aliphatic rings. The molecule has 23 heavy (non-hydrogen) atoms. The van der Waals surface area contributed by atoms with Gasteiger partial charge in [-0.1, -0.05) is 0 Å². The summed E-state index contributed by atoms with van der Waals surface area (Å²) in [6.45, 7) is 10.7. The molecule has 0 aliphatic carbocycles. The maximum absolute atomic E-state index is 5.64. The van der Waals surface area contributed by atoms with Crippen molar-refractivity contribution < 1.29 is 9.15 Å². The molecule has 0 aromatic carbocycles. The van der Waals surface area contributed by atoms with Crippen molar-refractivity contribution in [1.82, 2.24) is 15.5 Å². The number of hydrogen-bond donors (Lipinski definition) is 2. The Labute approximate surface area is 156 Å². The number of nitrogens with one attached hydrogen (secondary N) is 2. The standard InChI is InChI=1S/C16H28N4O2.HI/c1-12(20-7-9-21-10-8-20)11-18-16(17-4)19-14(3)15-6-5-13(2)22-15;/h5-6,12,14H,7-11H2,1-4H3,(H2,17,18,19);1H. The van der Waals surface area contributed by atoms with Gasteiger partial charge in [-0.3, -0.25) is 9.89 Å². The molecule has 0 radical (unpaired) electrons. The minimum Gasteiger partial charge on any atom is -0.464 e. The van der Waals surface area contributed by atoms with Crippen LogP contribution in [0.2, 0.25) is 0 Å². The Hall–Kier alpha value is -0.800. The van der Waals surface area contributed by atoms with Crippen LogP contribution in [-0.2, 0) is 4.74 Å². The first-order valence-corrected chi connectivity index (χ1v) is 7.95. The van der Waals surface area contributed by atoms with Gasteiger partial charge in [0.25, 0.3) is 0 Å². The summed E-state index contributed by atoms with van der Waals surface area (Å²) in [5.74, 6) is 2.64. The predicted octanol–water partition coefficient (Wildman–Crippen LogP) is 2.15. The largest absolute Gasteiger partial charge is 0.464 e. The van der Waals surface area contributed by atoms with Crippen molar-refractivity contribution in [3.05, 3.63) is 23.7 Å². The smallest absolute Gasteiger partial charge is 0.191 e. The van der Waals surface area contributed by atoms with E-state index in [1.54, 1.807) is 7.05 Å². The van der Waals surface area contributed by atoms with Crippen molar-refractivity contribution in [2.75, 3.05) is 39.9 Å². The fourth-order valence-corrected chi connectivity index (χ4v) is 2.55. The van der Waals surface area contributed by atoms with Gasteiger partial charge in [0.2, 0.25) is 0 Å². The van der Waals surface area contributed by atoms with Crippen LogP contribution >= 0.6 is 24.0 Å². The van der Waals surface area contributed by atoms with Gasteiger partial charge in [-0.15, -0.1) is 24.0 Å². The first-order valence-electron chi connectivity index (χ1n) is 7.95. The lowest BCUT2D eigenvalue weighted by Gasteiger charge is -2.32. The number of guanidine groups is 1. The number of furan rings is 1. The molecule has 1 aromatic heterocycles. The fourth-order valence-electron chi connectivity index (χ4n) is 2.55. The van der Waals surface area contributed by atoms with Crippen molar-refractivity contribution in [3.8, 4) is 0 Å². The van der Waals surface area contributed by atoms with E-state index in [1.807, 2.05) is 19.1 Å². The van der Waals surface area contributed by atoms with Crippen molar-refractivity contribution in [2.45, 2.75) is 32.9 Å². The average molecular weight is 436 g/mol. The highest BCUT2D eigenvalue weighted by molar-refractivity contribution is 14.0. The molecule has 1 fully saturated rings. The van der Waals surface area contributed by atoms with E-state index in [1.165, 1.54) is 0 Å². The number of aliphatic imine (C=N–C) groups is 1. The highest BCUT2D eigenvalue weighted by Crippen LogP contribution is 2.15. The molecule has 1 saturated heterocycles. The van der Waals surface area contributed by atoms with Crippen LogP contribution in [0.1, 0.15) is 31.4 Å². The number of hydrogen-bond acceptors (Lipinski definition) is 4. The van der Waals surface area contributed by atoms with Crippen molar-refractivity contribution in [1.29, 1.82) is 0 Å². The second-order valence-electron chi connectivity index (χ2n) is 5.76. The van der Waals surface area contributed by atoms with E-state index in [-0.39, 0.29) is 30.0 Å². The summed E-state index contributed by atoms with van der Waals surface area (Å²) in [5, 5.41) is 6.75. The lowest BCUT2D eigenvalue weighted by atomic mass is 10.2. The third-order valence-corrected chi connectivity index (χ3v) is 4.00. The minimum absolute atomic E-state index is 0.